The summed E-state index contributed by atoms with van der Waals surface area (Å²) in [5.74, 6) is 0. The zero-order chi connectivity index (χ0) is 53.2. The second-order valence-corrected chi connectivity index (χ2v) is 21.7. The first-order chi connectivity index (χ1) is 38.3. The van der Waals surface area contributed by atoms with Gasteiger partial charge in [0.2, 0.25) is 0 Å². The van der Waals surface area contributed by atoms with Gasteiger partial charge in [0.15, 0.2) is 0 Å². The quantitative estimate of drug-likeness (QED) is 0.154. The molecule has 1 heterocycles. The van der Waals surface area contributed by atoms with Crippen LogP contribution in [0.1, 0.15) is 50.1 Å². The maximum absolute atomic E-state index is 3.36. The van der Waals surface area contributed by atoms with Gasteiger partial charge in [-0.25, -0.2) is 0 Å². The van der Waals surface area contributed by atoms with E-state index in [1.807, 2.05) is 17.4 Å². The zero-order valence-corrected chi connectivity index (χ0v) is 45.3. The average molecular weight is 1020 g/mol. The van der Waals surface area contributed by atoms with Crippen molar-refractivity contribution >= 4 is 53.1 Å². The number of thiophene rings is 1. The van der Waals surface area contributed by atoms with Crippen molar-refractivity contribution < 1.29 is 0 Å². The van der Waals surface area contributed by atoms with Crippen molar-refractivity contribution in [2.75, 3.05) is 0 Å². The van der Waals surface area contributed by atoms with Gasteiger partial charge in [-0.2, -0.15) is 0 Å². The first-order valence-corrected chi connectivity index (χ1v) is 27.8. The first kappa shape index (κ1) is 49.7. The molecule has 0 fully saturated rings. The lowest BCUT2D eigenvalue weighted by molar-refractivity contribution is 0.729. The lowest BCUT2D eigenvalue weighted by atomic mass is 9.60. The molecule has 0 aliphatic heterocycles. The molecule has 1 spiro atoms. The van der Waals surface area contributed by atoms with E-state index >= 15 is 0 Å². The predicted octanol–water partition coefficient (Wildman–Crippen LogP) is 21.3. The Labute approximate surface area is 463 Å². The van der Waals surface area contributed by atoms with Gasteiger partial charge in [0.25, 0.3) is 0 Å². The Morgan fingerprint density at radius 1 is 0.321 bits per heavy atom. The predicted molar refractivity (Wildman–Crippen MR) is 338 cm³/mol. The summed E-state index contributed by atoms with van der Waals surface area (Å²) in [4.78, 5) is 0. The van der Waals surface area contributed by atoms with Crippen molar-refractivity contribution in [2.24, 2.45) is 0 Å². The van der Waals surface area contributed by atoms with Crippen LogP contribution in [0, 0.1) is 20.8 Å². The number of rotatable bonds is 4. The second kappa shape index (κ2) is 21.5. The molecule has 0 radical (unpaired) electrons. The van der Waals surface area contributed by atoms with Gasteiger partial charge >= 0.3 is 0 Å². The largest absolute Gasteiger partial charge is 0.135 e. The number of aryl methyl sites for hydroxylation is 3. The van der Waals surface area contributed by atoms with E-state index in [0.717, 1.165) is 6.42 Å². The first-order valence-electron chi connectivity index (χ1n) is 27.0. The molecular formula is C77H60S. The lowest BCUT2D eigenvalue weighted by Crippen LogP contribution is -2.34. The third-order valence-electron chi connectivity index (χ3n) is 15.8. The molecule has 15 rings (SSSR count). The Balaban J connectivity index is 0.000000135. The molecule has 0 N–H and O–H groups in total. The Bertz CT molecular complexity index is 4230. The van der Waals surface area contributed by atoms with Crippen LogP contribution in [0.5, 0.6) is 0 Å². The number of fused-ring (bicyclic) bond motifs is 16. The van der Waals surface area contributed by atoms with Gasteiger partial charge in [0.1, 0.15) is 0 Å². The minimum atomic E-state index is -0.385. The SMILES string of the molecule is C=CC=C.Cc1ccc(-c2ccc3c(c2)C2(c4ccccc4-3)c3ccc4ccccc4c3Cc3c2ccc2ccccc32)cc1.Cc1ccc(-c2ccc3c(c2)sc2ccccc23)cc1.Cc1ccc(-c2ccccc2)cc1. The minimum absolute atomic E-state index is 0.385. The summed E-state index contributed by atoms with van der Waals surface area (Å²) in [5.41, 5.74) is 22.4. The molecule has 13 aromatic rings. The van der Waals surface area contributed by atoms with E-state index in [1.54, 1.807) is 12.2 Å². The van der Waals surface area contributed by atoms with E-state index in [1.165, 1.54) is 136 Å². The van der Waals surface area contributed by atoms with Crippen LogP contribution in [0.3, 0.4) is 0 Å². The molecule has 0 unspecified atom stereocenters. The molecule has 1 aromatic heterocycles. The lowest BCUT2D eigenvalue weighted by Gasteiger charge is -2.41. The third-order valence-corrected chi connectivity index (χ3v) is 16.9. The van der Waals surface area contributed by atoms with Crippen molar-refractivity contribution in [1.29, 1.82) is 0 Å². The average Bonchev–Trinajstić information content (AvgIpc) is 3.19. The number of hydrogen-bond acceptors (Lipinski definition) is 1. The van der Waals surface area contributed by atoms with Crippen LogP contribution in [0.2, 0.25) is 0 Å². The van der Waals surface area contributed by atoms with Crippen LogP contribution >= 0.6 is 11.3 Å². The van der Waals surface area contributed by atoms with Crippen LogP contribution in [0.25, 0.3) is 86.2 Å². The molecule has 0 saturated heterocycles. The highest BCUT2D eigenvalue weighted by Gasteiger charge is 2.50. The molecule has 78 heavy (non-hydrogen) atoms. The van der Waals surface area contributed by atoms with Gasteiger partial charge in [-0.05, 0) is 145 Å². The Kier molecular flexibility index (Phi) is 13.7. The fourth-order valence-corrected chi connectivity index (χ4v) is 13.0. The van der Waals surface area contributed by atoms with Crippen molar-refractivity contribution in [1.82, 2.24) is 0 Å². The summed E-state index contributed by atoms with van der Waals surface area (Å²) < 4.78 is 2.73. The Morgan fingerprint density at radius 2 is 0.744 bits per heavy atom. The van der Waals surface area contributed by atoms with E-state index in [2.05, 4.69) is 289 Å². The maximum Gasteiger partial charge on any atom is 0.0719 e. The van der Waals surface area contributed by atoms with Crippen LogP contribution < -0.4 is 0 Å². The third kappa shape index (κ3) is 9.17. The highest BCUT2D eigenvalue weighted by molar-refractivity contribution is 7.25. The summed E-state index contributed by atoms with van der Waals surface area (Å²) in [6.07, 6.45) is 4.21. The van der Waals surface area contributed by atoms with E-state index in [9.17, 15) is 0 Å². The minimum Gasteiger partial charge on any atom is -0.135 e. The van der Waals surface area contributed by atoms with E-state index in [-0.39, 0.29) is 5.41 Å². The molecule has 0 saturated carbocycles. The number of allylic oxidation sites excluding steroid dienone is 2. The van der Waals surface area contributed by atoms with Crippen molar-refractivity contribution in [3.63, 3.8) is 0 Å². The molecule has 2 aliphatic carbocycles. The maximum atomic E-state index is 3.36. The van der Waals surface area contributed by atoms with Gasteiger partial charge in [0, 0.05) is 20.2 Å². The van der Waals surface area contributed by atoms with Gasteiger partial charge in [0.05, 0.1) is 5.41 Å². The fourth-order valence-electron chi connectivity index (χ4n) is 11.9. The summed E-state index contributed by atoms with van der Waals surface area (Å²) in [7, 11) is 0. The van der Waals surface area contributed by atoms with Gasteiger partial charge in [-0.15, -0.1) is 11.3 Å². The van der Waals surface area contributed by atoms with Crippen LogP contribution in [0.15, 0.2) is 286 Å². The highest BCUT2D eigenvalue weighted by Crippen LogP contribution is 2.61. The van der Waals surface area contributed by atoms with Gasteiger partial charge in [-0.1, -0.05) is 285 Å². The van der Waals surface area contributed by atoms with Gasteiger partial charge in [-0.3, -0.25) is 0 Å². The Hall–Kier alpha value is -9.14. The zero-order valence-electron chi connectivity index (χ0n) is 44.5. The molecule has 12 aromatic carbocycles. The van der Waals surface area contributed by atoms with Crippen LogP contribution in [-0.4, -0.2) is 0 Å². The topological polar surface area (TPSA) is 0 Å². The molecule has 0 bridgehead atoms. The molecule has 374 valence electrons. The molecular weight excluding hydrogens is 957 g/mol. The van der Waals surface area contributed by atoms with Gasteiger partial charge < -0.3 is 0 Å². The molecule has 2 aliphatic rings. The highest BCUT2D eigenvalue weighted by atomic mass is 32.1. The number of benzene rings is 12. The normalized spacial score (nSPS) is 12.2. The van der Waals surface area contributed by atoms with Crippen molar-refractivity contribution in [2.45, 2.75) is 32.6 Å². The molecule has 0 atom stereocenters. The standard InChI is InChI=1S/C41H28.C19H14S.C13H12.C4H6/c1-26-14-16-27(17-15-26)30-18-21-34-33-12-6-7-13-37(33)41(40(34)24-30)38-22-19-28-8-2-4-10-31(28)35(38)25-36-32-11-5-3-9-29(32)20-23-39(36)41;1-13-6-8-14(9-7-13)15-10-11-17-16-4-2-3-5-18(16)20-19(17)12-15;1-11-7-9-13(10-8-11)12-5-3-2-4-6-12;1-3-4-2/h2-24H,25H2,1H3;2-12H,1H3;2-10H,1H3;3-4H,1-2H2. The van der Waals surface area contributed by atoms with Crippen molar-refractivity contribution in [3.05, 3.63) is 336 Å². The van der Waals surface area contributed by atoms with Crippen LogP contribution in [0.4, 0.5) is 0 Å². The van der Waals surface area contributed by atoms with Crippen molar-refractivity contribution in [3.8, 4) is 44.5 Å². The summed E-state index contributed by atoms with van der Waals surface area (Å²) in [6, 6.07) is 95.8. The monoisotopic (exact) mass is 1020 g/mol. The Morgan fingerprint density at radius 3 is 1.32 bits per heavy atom. The summed E-state index contributed by atoms with van der Waals surface area (Å²) >= 11 is 1.87. The van der Waals surface area contributed by atoms with E-state index < -0.39 is 0 Å². The second-order valence-electron chi connectivity index (χ2n) is 20.6. The van der Waals surface area contributed by atoms with E-state index in [4.69, 9.17) is 0 Å². The summed E-state index contributed by atoms with van der Waals surface area (Å²) in [6.45, 7) is 13.1. The fraction of sp³-hybridized carbons (Fsp3) is 0.0649. The van der Waals surface area contributed by atoms with Crippen LogP contribution in [-0.2, 0) is 11.8 Å². The molecule has 1 heteroatoms. The van der Waals surface area contributed by atoms with E-state index in [0.29, 0.717) is 0 Å². The smallest absolute Gasteiger partial charge is 0.0719 e. The number of hydrogen-bond donors (Lipinski definition) is 0. The molecule has 0 amide bonds. The summed E-state index contributed by atoms with van der Waals surface area (Å²) in [5, 5.41) is 8.08. The molecule has 0 nitrogen and oxygen atoms in total.